The Kier molecular flexibility index (Phi) is 2.78. The second kappa shape index (κ2) is 3.12. The van der Waals surface area contributed by atoms with Crippen molar-refractivity contribution in [2.75, 3.05) is 0 Å². The van der Waals surface area contributed by atoms with E-state index in [0.29, 0.717) is 6.42 Å². The zero-order valence-corrected chi connectivity index (χ0v) is 5.64. The highest BCUT2D eigenvalue weighted by molar-refractivity contribution is 5.91. The van der Waals surface area contributed by atoms with Crippen LogP contribution in [0.4, 0.5) is 0 Å². The summed E-state index contributed by atoms with van der Waals surface area (Å²) in [5.41, 5.74) is 5.10. The fourth-order valence-electron chi connectivity index (χ4n) is 0.407. The largest absolute Gasteiger partial charge is 0.512 e. The molecule has 0 saturated heterocycles. The van der Waals surface area contributed by atoms with Gasteiger partial charge in [0.2, 0.25) is 5.91 Å². The van der Waals surface area contributed by atoms with Crippen LogP contribution in [0.3, 0.4) is 0 Å². The van der Waals surface area contributed by atoms with Crippen molar-refractivity contribution in [1.29, 1.82) is 0 Å². The number of rotatable bonds is 2. The van der Waals surface area contributed by atoms with E-state index in [1.54, 1.807) is 6.92 Å². The molecule has 0 saturated carbocycles. The summed E-state index contributed by atoms with van der Waals surface area (Å²) >= 11 is 0. The van der Waals surface area contributed by atoms with E-state index < -0.39 is 5.91 Å². The Bertz CT molecular complexity index is 149. The van der Waals surface area contributed by atoms with Gasteiger partial charge in [0, 0.05) is 6.42 Å². The van der Waals surface area contributed by atoms with E-state index >= 15 is 0 Å². The van der Waals surface area contributed by atoms with Crippen LogP contribution in [0.2, 0.25) is 0 Å². The summed E-state index contributed by atoms with van der Waals surface area (Å²) in [7, 11) is 0. The minimum Gasteiger partial charge on any atom is -0.512 e. The number of aliphatic hydroxyl groups is 1. The molecule has 0 aromatic carbocycles. The van der Waals surface area contributed by atoms with Gasteiger partial charge in [0.1, 0.15) is 5.76 Å². The zero-order valence-electron chi connectivity index (χ0n) is 5.64. The molecule has 0 unspecified atom stereocenters. The Morgan fingerprint density at radius 1 is 1.67 bits per heavy atom. The van der Waals surface area contributed by atoms with Crippen LogP contribution in [0.15, 0.2) is 11.3 Å². The standard InChI is InChI=1S/C6H11NO2/c1-3-5(8)4(2)6(7)9/h8H,3H2,1-2H3,(H2,7,9). The smallest absolute Gasteiger partial charge is 0.247 e. The first-order chi connectivity index (χ1) is 4.09. The molecule has 0 heterocycles. The van der Waals surface area contributed by atoms with E-state index in [-0.39, 0.29) is 11.3 Å². The third-order valence-corrected chi connectivity index (χ3v) is 1.14. The molecule has 0 rings (SSSR count). The molecule has 0 aromatic heterocycles. The van der Waals surface area contributed by atoms with Gasteiger partial charge in [-0.3, -0.25) is 4.79 Å². The lowest BCUT2D eigenvalue weighted by Gasteiger charge is -1.97. The molecule has 0 bridgehead atoms. The van der Waals surface area contributed by atoms with Gasteiger partial charge in [0.25, 0.3) is 0 Å². The Morgan fingerprint density at radius 3 is 2.22 bits per heavy atom. The third kappa shape index (κ3) is 2.17. The van der Waals surface area contributed by atoms with Crippen LogP contribution < -0.4 is 5.73 Å². The van der Waals surface area contributed by atoms with Crippen molar-refractivity contribution in [3.63, 3.8) is 0 Å². The van der Waals surface area contributed by atoms with Crippen LogP contribution in [-0.4, -0.2) is 11.0 Å². The van der Waals surface area contributed by atoms with Crippen LogP contribution in [0.5, 0.6) is 0 Å². The van der Waals surface area contributed by atoms with Gasteiger partial charge in [-0.25, -0.2) is 0 Å². The lowest BCUT2D eigenvalue weighted by molar-refractivity contribution is -0.114. The van der Waals surface area contributed by atoms with Gasteiger partial charge < -0.3 is 10.8 Å². The molecular weight excluding hydrogens is 118 g/mol. The van der Waals surface area contributed by atoms with Crippen LogP contribution in [0.25, 0.3) is 0 Å². The van der Waals surface area contributed by atoms with Crippen LogP contribution in [0, 0.1) is 0 Å². The summed E-state index contributed by atoms with van der Waals surface area (Å²) < 4.78 is 0. The molecule has 0 aliphatic rings. The molecule has 0 fully saturated rings. The van der Waals surface area contributed by atoms with Crippen molar-refractivity contribution in [2.24, 2.45) is 5.73 Å². The Hall–Kier alpha value is -0.990. The normalized spacial score (nSPS) is 12.7. The average Bonchev–Trinajstić information content (AvgIpc) is 1.84. The molecule has 0 spiro atoms. The first kappa shape index (κ1) is 8.01. The first-order valence-corrected chi connectivity index (χ1v) is 2.78. The van der Waals surface area contributed by atoms with Crippen molar-refractivity contribution in [2.45, 2.75) is 20.3 Å². The molecule has 1 amide bonds. The Labute approximate surface area is 54.2 Å². The van der Waals surface area contributed by atoms with E-state index in [4.69, 9.17) is 10.8 Å². The highest BCUT2D eigenvalue weighted by Gasteiger charge is 2.02. The predicted octanol–water partition coefficient (Wildman–Crippen LogP) is 0.714. The van der Waals surface area contributed by atoms with E-state index in [9.17, 15) is 4.79 Å². The number of nitrogens with two attached hydrogens (primary N) is 1. The highest BCUT2D eigenvalue weighted by Crippen LogP contribution is 2.02. The number of hydrogen-bond acceptors (Lipinski definition) is 2. The van der Waals surface area contributed by atoms with Gasteiger partial charge in [0.15, 0.2) is 0 Å². The maximum absolute atomic E-state index is 10.3. The molecule has 52 valence electrons. The van der Waals surface area contributed by atoms with Crippen molar-refractivity contribution >= 4 is 5.91 Å². The van der Waals surface area contributed by atoms with E-state index in [1.807, 2.05) is 0 Å². The van der Waals surface area contributed by atoms with Crippen LogP contribution in [0.1, 0.15) is 20.3 Å². The first-order valence-electron chi connectivity index (χ1n) is 2.78. The summed E-state index contributed by atoms with van der Waals surface area (Å²) in [6.45, 7) is 3.25. The topological polar surface area (TPSA) is 63.3 Å². The summed E-state index contributed by atoms with van der Waals surface area (Å²) in [5, 5.41) is 8.88. The quantitative estimate of drug-likeness (QED) is 0.426. The SMILES string of the molecule is CCC(O)=C(C)C(N)=O. The summed E-state index contributed by atoms with van der Waals surface area (Å²) in [5.74, 6) is -0.489. The maximum atomic E-state index is 10.3. The van der Waals surface area contributed by atoms with Gasteiger partial charge in [-0.05, 0) is 6.92 Å². The lowest BCUT2D eigenvalue weighted by atomic mass is 10.2. The molecule has 0 aliphatic heterocycles. The minimum atomic E-state index is -0.561. The predicted molar refractivity (Wildman–Crippen MR) is 34.8 cm³/mol. The van der Waals surface area contributed by atoms with Crippen molar-refractivity contribution in [3.8, 4) is 0 Å². The molecule has 0 atom stereocenters. The van der Waals surface area contributed by atoms with Crippen molar-refractivity contribution in [3.05, 3.63) is 11.3 Å². The highest BCUT2D eigenvalue weighted by atomic mass is 16.3. The molecule has 0 aromatic rings. The van der Waals surface area contributed by atoms with Gasteiger partial charge in [-0.1, -0.05) is 6.92 Å². The average molecular weight is 129 g/mol. The Balaban J connectivity index is 4.28. The maximum Gasteiger partial charge on any atom is 0.247 e. The zero-order chi connectivity index (χ0) is 7.44. The Morgan fingerprint density at radius 2 is 2.11 bits per heavy atom. The fraction of sp³-hybridized carbons (Fsp3) is 0.500. The van der Waals surface area contributed by atoms with Crippen molar-refractivity contribution in [1.82, 2.24) is 0 Å². The molecule has 3 N–H and O–H groups in total. The number of aliphatic hydroxyl groups excluding tert-OH is 1. The monoisotopic (exact) mass is 129 g/mol. The number of primary amides is 1. The third-order valence-electron chi connectivity index (χ3n) is 1.14. The minimum absolute atomic E-state index is 0.0718. The fourth-order valence-corrected chi connectivity index (χ4v) is 0.407. The lowest BCUT2D eigenvalue weighted by Crippen LogP contribution is -2.13. The summed E-state index contributed by atoms with van der Waals surface area (Å²) in [4.78, 5) is 10.3. The number of hydrogen-bond donors (Lipinski definition) is 2. The van der Waals surface area contributed by atoms with E-state index in [1.165, 1.54) is 6.92 Å². The van der Waals surface area contributed by atoms with Crippen LogP contribution in [-0.2, 0) is 4.79 Å². The molecule has 3 nitrogen and oxygen atoms in total. The van der Waals surface area contributed by atoms with Gasteiger partial charge in [0.05, 0.1) is 5.57 Å². The summed E-state index contributed by atoms with van der Waals surface area (Å²) in [6, 6.07) is 0. The number of carbonyl (C=O) groups is 1. The summed E-state index contributed by atoms with van der Waals surface area (Å²) in [6.07, 6.45) is 0.453. The van der Waals surface area contributed by atoms with Gasteiger partial charge in [-0.15, -0.1) is 0 Å². The van der Waals surface area contributed by atoms with E-state index in [0.717, 1.165) is 0 Å². The van der Waals surface area contributed by atoms with Crippen molar-refractivity contribution < 1.29 is 9.90 Å². The van der Waals surface area contributed by atoms with Crippen LogP contribution >= 0.6 is 0 Å². The molecule has 3 heteroatoms. The second-order valence-corrected chi connectivity index (χ2v) is 1.79. The molecule has 9 heavy (non-hydrogen) atoms. The second-order valence-electron chi connectivity index (χ2n) is 1.79. The molecular formula is C6H11NO2. The number of carbonyl (C=O) groups excluding carboxylic acids is 1. The number of allylic oxidation sites excluding steroid dienone is 1. The number of amides is 1. The van der Waals surface area contributed by atoms with E-state index in [2.05, 4.69) is 0 Å². The molecule has 0 aliphatic carbocycles. The molecule has 0 radical (unpaired) electrons. The van der Waals surface area contributed by atoms with Gasteiger partial charge in [-0.2, -0.15) is 0 Å². The van der Waals surface area contributed by atoms with Gasteiger partial charge >= 0.3 is 0 Å².